The van der Waals surface area contributed by atoms with Crippen LogP contribution in [0.3, 0.4) is 0 Å². The molecule has 0 aromatic heterocycles. The van der Waals surface area contributed by atoms with E-state index in [2.05, 4.69) is 34.5 Å². The Hall–Kier alpha value is -2.41. The minimum absolute atomic E-state index is 0.0707. The SMILES string of the molecule is CN(CC(O)CN1CCc2ccccc2C1)C(=O)c1cccc(NC2CCOCC2)c1. The molecule has 2 N–H and O–H groups in total. The first kappa shape index (κ1) is 21.8. The van der Waals surface area contributed by atoms with Gasteiger partial charge in [0.25, 0.3) is 5.91 Å². The van der Waals surface area contributed by atoms with Gasteiger partial charge < -0.3 is 20.1 Å². The van der Waals surface area contributed by atoms with Gasteiger partial charge in [-0.1, -0.05) is 30.3 Å². The number of amides is 1. The first-order valence-corrected chi connectivity index (χ1v) is 11.3. The summed E-state index contributed by atoms with van der Waals surface area (Å²) in [5, 5.41) is 14.1. The number of rotatable bonds is 7. The van der Waals surface area contributed by atoms with Crippen LogP contribution in [0.5, 0.6) is 0 Å². The average molecular weight is 424 g/mol. The van der Waals surface area contributed by atoms with Crippen molar-refractivity contribution in [1.29, 1.82) is 0 Å². The normalized spacial score (nSPS) is 18.3. The lowest BCUT2D eigenvalue weighted by Gasteiger charge is -2.31. The van der Waals surface area contributed by atoms with Crippen molar-refractivity contribution >= 4 is 11.6 Å². The number of carbonyl (C=O) groups excluding carboxylic acids is 1. The van der Waals surface area contributed by atoms with Crippen LogP contribution >= 0.6 is 0 Å². The molecule has 2 aliphatic rings. The summed E-state index contributed by atoms with van der Waals surface area (Å²) in [6, 6.07) is 16.5. The van der Waals surface area contributed by atoms with Crippen molar-refractivity contribution in [2.24, 2.45) is 0 Å². The molecule has 0 aliphatic carbocycles. The summed E-state index contributed by atoms with van der Waals surface area (Å²) in [5.41, 5.74) is 4.33. The standard InChI is InChI=1S/C25H33N3O3/c1-27(17-24(29)18-28-12-9-19-5-2-3-6-21(19)16-28)25(30)20-7-4-8-23(15-20)26-22-10-13-31-14-11-22/h2-8,15,22,24,26,29H,9-14,16-18H2,1H3. The van der Waals surface area contributed by atoms with E-state index >= 15 is 0 Å². The zero-order chi connectivity index (χ0) is 21.6. The zero-order valence-corrected chi connectivity index (χ0v) is 18.3. The van der Waals surface area contributed by atoms with Gasteiger partial charge in [-0.2, -0.15) is 0 Å². The Morgan fingerprint density at radius 2 is 1.97 bits per heavy atom. The molecule has 2 aromatic carbocycles. The molecule has 0 radical (unpaired) electrons. The van der Waals surface area contributed by atoms with E-state index in [4.69, 9.17) is 4.74 Å². The summed E-state index contributed by atoms with van der Waals surface area (Å²) in [4.78, 5) is 16.8. The Morgan fingerprint density at radius 3 is 2.77 bits per heavy atom. The molecule has 4 rings (SSSR count). The molecule has 1 atom stereocenters. The van der Waals surface area contributed by atoms with Gasteiger partial charge in [-0.25, -0.2) is 0 Å². The Labute approximate surface area is 184 Å². The molecule has 2 aliphatic heterocycles. The van der Waals surface area contributed by atoms with Crippen molar-refractivity contribution in [3.05, 3.63) is 65.2 Å². The van der Waals surface area contributed by atoms with Crippen LogP contribution in [0.4, 0.5) is 5.69 Å². The highest BCUT2D eigenvalue weighted by Crippen LogP contribution is 2.20. The molecule has 0 bridgehead atoms. The molecule has 1 unspecified atom stereocenters. The van der Waals surface area contributed by atoms with Crippen molar-refractivity contribution in [1.82, 2.24) is 9.80 Å². The number of nitrogens with one attached hydrogen (secondary N) is 1. The second kappa shape index (κ2) is 10.3. The molecular formula is C25H33N3O3. The highest BCUT2D eigenvalue weighted by molar-refractivity contribution is 5.95. The summed E-state index contributed by atoms with van der Waals surface area (Å²) in [7, 11) is 1.76. The number of hydrogen-bond donors (Lipinski definition) is 2. The third-order valence-corrected chi connectivity index (χ3v) is 6.21. The molecule has 6 heteroatoms. The minimum atomic E-state index is -0.581. The van der Waals surface area contributed by atoms with Crippen LogP contribution in [0.2, 0.25) is 0 Å². The number of ether oxygens (including phenoxy) is 1. The van der Waals surface area contributed by atoms with Gasteiger partial charge in [0.15, 0.2) is 0 Å². The minimum Gasteiger partial charge on any atom is -0.390 e. The van der Waals surface area contributed by atoms with Gasteiger partial charge in [0.1, 0.15) is 0 Å². The van der Waals surface area contributed by atoms with E-state index in [0.717, 1.165) is 51.3 Å². The van der Waals surface area contributed by atoms with E-state index < -0.39 is 6.10 Å². The van der Waals surface area contributed by atoms with Crippen LogP contribution in [0.15, 0.2) is 48.5 Å². The molecule has 1 fully saturated rings. The maximum atomic E-state index is 12.9. The Morgan fingerprint density at radius 1 is 1.19 bits per heavy atom. The number of β-amino-alcohol motifs (C(OH)–C–C–N with tert-alkyl or cyclic N) is 1. The monoisotopic (exact) mass is 423 g/mol. The van der Waals surface area contributed by atoms with E-state index in [1.165, 1.54) is 11.1 Å². The highest BCUT2D eigenvalue weighted by atomic mass is 16.5. The third kappa shape index (κ3) is 5.85. The lowest BCUT2D eigenvalue weighted by molar-refractivity contribution is 0.0568. The molecule has 1 amide bonds. The van der Waals surface area contributed by atoms with Crippen LogP contribution in [-0.4, -0.2) is 72.9 Å². The largest absolute Gasteiger partial charge is 0.390 e. The molecule has 2 heterocycles. The Balaban J connectivity index is 1.29. The maximum Gasteiger partial charge on any atom is 0.253 e. The number of anilines is 1. The Bertz CT molecular complexity index is 882. The molecule has 31 heavy (non-hydrogen) atoms. The summed E-state index contributed by atoms with van der Waals surface area (Å²) in [6.45, 7) is 4.22. The van der Waals surface area contributed by atoms with Gasteiger partial charge in [-0.3, -0.25) is 9.69 Å². The average Bonchev–Trinajstić information content (AvgIpc) is 2.79. The van der Waals surface area contributed by atoms with Gasteiger partial charge in [-0.15, -0.1) is 0 Å². The fraction of sp³-hybridized carbons (Fsp3) is 0.480. The lowest BCUT2D eigenvalue weighted by atomic mass is 10.00. The zero-order valence-electron chi connectivity index (χ0n) is 18.3. The predicted molar refractivity (Wildman–Crippen MR) is 122 cm³/mol. The second-order valence-corrected chi connectivity index (χ2v) is 8.71. The van der Waals surface area contributed by atoms with Crippen LogP contribution in [0.1, 0.15) is 34.3 Å². The molecule has 6 nitrogen and oxygen atoms in total. The first-order chi connectivity index (χ1) is 15.1. The summed E-state index contributed by atoms with van der Waals surface area (Å²) in [5.74, 6) is -0.0707. The van der Waals surface area contributed by atoms with Gasteiger partial charge in [0.2, 0.25) is 0 Å². The molecule has 0 spiro atoms. The third-order valence-electron chi connectivity index (χ3n) is 6.21. The predicted octanol–water partition coefficient (Wildman–Crippen LogP) is 2.77. The van der Waals surface area contributed by atoms with Gasteiger partial charge in [0, 0.05) is 63.7 Å². The number of benzene rings is 2. The number of hydrogen-bond acceptors (Lipinski definition) is 5. The Kier molecular flexibility index (Phi) is 7.22. The van der Waals surface area contributed by atoms with Crippen molar-refractivity contribution in [2.75, 3.05) is 45.2 Å². The number of carbonyl (C=O) groups is 1. The van der Waals surface area contributed by atoms with E-state index in [-0.39, 0.29) is 5.91 Å². The van der Waals surface area contributed by atoms with Crippen molar-refractivity contribution in [3.8, 4) is 0 Å². The van der Waals surface area contributed by atoms with E-state index in [1.807, 2.05) is 24.3 Å². The summed E-state index contributed by atoms with van der Waals surface area (Å²) >= 11 is 0. The molecule has 0 saturated carbocycles. The smallest absolute Gasteiger partial charge is 0.253 e. The van der Waals surface area contributed by atoms with Gasteiger partial charge >= 0.3 is 0 Å². The quantitative estimate of drug-likeness (QED) is 0.717. The van der Waals surface area contributed by atoms with E-state index in [1.54, 1.807) is 11.9 Å². The van der Waals surface area contributed by atoms with Crippen LogP contribution in [0.25, 0.3) is 0 Å². The number of likely N-dealkylation sites (N-methyl/N-ethyl adjacent to an activating group) is 1. The first-order valence-electron chi connectivity index (χ1n) is 11.3. The van der Waals surface area contributed by atoms with Crippen LogP contribution in [-0.2, 0) is 17.7 Å². The molecule has 166 valence electrons. The molecule has 2 aromatic rings. The number of nitrogens with zero attached hydrogens (tertiary/aromatic N) is 2. The fourth-order valence-corrected chi connectivity index (χ4v) is 4.50. The second-order valence-electron chi connectivity index (χ2n) is 8.71. The fourth-order valence-electron chi connectivity index (χ4n) is 4.50. The van der Waals surface area contributed by atoms with Gasteiger partial charge in [-0.05, 0) is 48.6 Å². The topological polar surface area (TPSA) is 65.0 Å². The lowest BCUT2D eigenvalue weighted by Crippen LogP contribution is -2.42. The van der Waals surface area contributed by atoms with Crippen molar-refractivity contribution < 1.29 is 14.6 Å². The van der Waals surface area contributed by atoms with E-state index in [0.29, 0.717) is 24.7 Å². The molecule has 1 saturated heterocycles. The van der Waals surface area contributed by atoms with Crippen molar-refractivity contribution in [2.45, 2.75) is 38.0 Å². The number of aliphatic hydroxyl groups is 1. The molecular weight excluding hydrogens is 390 g/mol. The van der Waals surface area contributed by atoms with Crippen LogP contribution < -0.4 is 5.32 Å². The van der Waals surface area contributed by atoms with Crippen LogP contribution in [0, 0.1) is 0 Å². The highest BCUT2D eigenvalue weighted by Gasteiger charge is 2.21. The van der Waals surface area contributed by atoms with Gasteiger partial charge in [0.05, 0.1) is 6.10 Å². The van der Waals surface area contributed by atoms with E-state index in [9.17, 15) is 9.90 Å². The number of aliphatic hydroxyl groups excluding tert-OH is 1. The summed E-state index contributed by atoms with van der Waals surface area (Å²) in [6.07, 6.45) is 2.38. The number of fused-ring (bicyclic) bond motifs is 1. The maximum absolute atomic E-state index is 12.9. The summed E-state index contributed by atoms with van der Waals surface area (Å²) < 4.78 is 5.41. The van der Waals surface area contributed by atoms with Crippen molar-refractivity contribution in [3.63, 3.8) is 0 Å².